The van der Waals surface area contributed by atoms with Crippen LogP contribution >= 0.6 is 0 Å². The molecular formula is C26H27NSi. The van der Waals surface area contributed by atoms with E-state index in [1.54, 1.807) is 0 Å². The van der Waals surface area contributed by atoms with E-state index in [1.807, 2.05) is 26.0 Å². The number of hydrogen-bond donors (Lipinski definition) is 0. The zero-order valence-corrected chi connectivity index (χ0v) is 18.0. The first kappa shape index (κ1) is 13.5. The maximum Gasteiger partial charge on any atom is 0.0776 e. The summed E-state index contributed by atoms with van der Waals surface area (Å²) in [6.45, 7) is 10.9. The molecule has 0 aliphatic rings. The molecule has 0 saturated heterocycles. The van der Waals surface area contributed by atoms with Crippen LogP contribution < -0.4 is 5.19 Å². The Hall–Kier alpha value is -2.71. The van der Waals surface area contributed by atoms with Crippen molar-refractivity contribution < 1.29 is 6.85 Å². The third kappa shape index (κ3) is 3.65. The number of aromatic nitrogens is 1. The first-order valence-corrected chi connectivity index (χ1v) is 13.0. The number of nitrogens with zero attached hydrogens (tertiary/aromatic N) is 1. The summed E-state index contributed by atoms with van der Waals surface area (Å²) in [6.07, 6.45) is 0. The van der Waals surface area contributed by atoms with Gasteiger partial charge in [-0.1, -0.05) is 84.4 Å². The molecule has 4 aromatic rings. The summed E-state index contributed by atoms with van der Waals surface area (Å²) in [5, 5.41) is 2.03. The number of fused-ring (bicyclic) bond motifs is 1. The van der Waals surface area contributed by atoms with E-state index in [1.165, 1.54) is 5.19 Å². The summed E-state index contributed by atoms with van der Waals surface area (Å²) in [5.41, 5.74) is 5.47. The van der Waals surface area contributed by atoms with Crippen molar-refractivity contribution >= 4 is 24.2 Å². The van der Waals surface area contributed by atoms with Crippen molar-refractivity contribution in [2.75, 3.05) is 0 Å². The van der Waals surface area contributed by atoms with Gasteiger partial charge in [-0.3, -0.25) is 0 Å². The highest BCUT2D eigenvalue weighted by Crippen LogP contribution is 2.32. The second-order valence-corrected chi connectivity index (χ2v) is 13.5. The minimum Gasteiger partial charge on any atom is -0.248 e. The second kappa shape index (κ2) is 7.03. The highest BCUT2D eigenvalue weighted by Gasteiger charge is 2.18. The molecule has 0 saturated carbocycles. The van der Waals surface area contributed by atoms with E-state index >= 15 is 0 Å². The van der Waals surface area contributed by atoms with Crippen LogP contribution in [0.3, 0.4) is 0 Å². The molecule has 140 valence electrons. The quantitative estimate of drug-likeness (QED) is 0.356. The fraction of sp³-hybridized carbons (Fsp3) is 0.192. The van der Waals surface area contributed by atoms with Crippen LogP contribution in [0.4, 0.5) is 0 Å². The van der Waals surface area contributed by atoms with E-state index in [0.717, 1.165) is 33.3 Å². The minimum atomic E-state index is -1.65. The van der Waals surface area contributed by atoms with Crippen LogP contribution in [0.15, 0.2) is 72.7 Å². The van der Waals surface area contributed by atoms with Crippen molar-refractivity contribution in [1.29, 1.82) is 0 Å². The molecule has 4 rings (SSSR count). The first-order valence-electron chi connectivity index (χ1n) is 12.0. The Labute approximate surface area is 176 Å². The Morgan fingerprint density at radius 3 is 2.11 bits per heavy atom. The lowest BCUT2D eigenvalue weighted by Gasteiger charge is -2.19. The maximum absolute atomic E-state index is 8.58. The largest absolute Gasteiger partial charge is 0.248 e. The van der Waals surface area contributed by atoms with E-state index in [4.69, 9.17) is 11.8 Å². The third-order valence-corrected chi connectivity index (χ3v) is 7.00. The number of benzene rings is 3. The smallest absolute Gasteiger partial charge is 0.0776 e. The van der Waals surface area contributed by atoms with Gasteiger partial charge in [0.1, 0.15) is 0 Å². The predicted molar refractivity (Wildman–Crippen MR) is 125 cm³/mol. The Bertz CT molecular complexity index is 1370. The molecule has 0 fully saturated rings. The normalized spacial score (nSPS) is 14.2. The monoisotopic (exact) mass is 386 g/mol. The van der Waals surface area contributed by atoms with Crippen LogP contribution in [-0.4, -0.2) is 13.1 Å². The molecule has 0 unspecified atom stereocenters. The fourth-order valence-electron chi connectivity index (χ4n) is 3.55. The lowest BCUT2D eigenvalue weighted by Crippen LogP contribution is -2.37. The van der Waals surface area contributed by atoms with Gasteiger partial charge in [-0.05, 0) is 49.2 Å². The highest BCUT2D eigenvalue weighted by molar-refractivity contribution is 6.88. The van der Waals surface area contributed by atoms with Gasteiger partial charge >= 0.3 is 0 Å². The molecule has 0 aliphatic heterocycles. The zero-order chi connectivity index (χ0) is 24.2. The van der Waals surface area contributed by atoms with Crippen molar-refractivity contribution in [3.8, 4) is 22.4 Å². The lowest BCUT2D eigenvalue weighted by molar-refractivity contribution is 1.34. The molecule has 28 heavy (non-hydrogen) atoms. The molecule has 0 aliphatic carbocycles. The van der Waals surface area contributed by atoms with Gasteiger partial charge in [0.15, 0.2) is 0 Å². The van der Waals surface area contributed by atoms with Crippen LogP contribution in [0.25, 0.3) is 33.3 Å². The molecule has 0 atom stereocenters. The molecule has 0 N–H and O–H groups in total. The van der Waals surface area contributed by atoms with Crippen molar-refractivity contribution in [3.63, 3.8) is 0 Å². The average molecular weight is 387 g/mol. The number of pyridine rings is 1. The molecule has 0 spiro atoms. The summed E-state index contributed by atoms with van der Waals surface area (Å²) >= 11 is 0. The minimum absolute atomic E-state index is 0.196. The molecule has 1 nitrogen and oxygen atoms in total. The molecule has 0 bridgehead atoms. The van der Waals surface area contributed by atoms with Crippen LogP contribution in [-0.2, 0) is 0 Å². The molecule has 0 amide bonds. The van der Waals surface area contributed by atoms with Crippen molar-refractivity contribution in [2.24, 2.45) is 0 Å². The number of rotatable bonds is 3. The summed E-state index contributed by atoms with van der Waals surface area (Å²) < 4.78 is 41.5. The van der Waals surface area contributed by atoms with Crippen molar-refractivity contribution in [2.45, 2.75) is 33.5 Å². The Kier molecular flexibility index (Phi) is 3.38. The molecule has 3 aromatic carbocycles. The predicted octanol–water partition coefficient (Wildman–Crippen LogP) is 6.73. The zero-order valence-electron chi connectivity index (χ0n) is 22.0. The first-order chi connectivity index (χ1) is 15.4. The van der Waals surface area contributed by atoms with Gasteiger partial charge in [0, 0.05) is 10.9 Å². The van der Waals surface area contributed by atoms with Crippen LogP contribution in [0, 0.1) is 13.8 Å². The van der Waals surface area contributed by atoms with Crippen LogP contribution in [0.1, 0.15) is 18.0 Å². The van der Waals surface area contributed by atoms with Crippen molar-refractivity contribution in [1.82, 2.24) is 4.98 Å². The van der Waals surface area contributed by atoms with E-state index in [2.05, 4.69) is 50.0 Å². The summed E-state index contributed by atoms with van der Waals surface area (Å²) in [4.78, 5) is 4.92. The Morgan fingerprint density at radius 1 is 0.786 bits per heavy atom. The van der Waals surface area contributed by atoms with Gasteiger partial charge in [0.2, 0.25) is 0 Å². The molecule has 1 heterocycles. The molecule has 2 heteroatoms. The molecule has 1 aromatic heterocycles. The summed E-state index contributed by atoms with van der Waals surface area (Å²) in [7, 11) is -1.65. The van der Waals surface area contributed by atoms with E-state index in [-0.39, 0.29) is 35.8 Å². The third-order valence-electron chi connectivity index (χ3n) is 4.96. The van der Waals surface area contributed by atoms with E-state index < -0.39 is 8.07 Å². The summed E-state index contributed by atoms with van der Waals surface area (Å²) in [6, 6.07) is 12.9. The standard InChI is InChI=1S/C26H27NSi/c1-18-13-19(2)15-21(14-18)26-17-23(20-9-7-6-8-10-20)24-16-22(28(3,4)5)11-12-25(24)27-26/h6-17H,1-5H3/i6D,7D,8D,9D,10D. The van der Waals surface area contributed by atoms with Gasteiger partial charge < -0.3 is 0 Å². The fourth-order valence-corrected chi connectivity index (χ4v) is 4.71. The summed E-state index contributed by atoms with van der Waals surface area (Å²) in [5.74, 6) is 0. The number of aryl methyl sites for hydroxylation is 2. The second-order valence-electron chi connectivity index (χ2n) is 8.41. The van der Waals surface area contributed by atoms with Gasteiger partial charge in [0.25, 0.3) is 0 Å². The van der Waals surface area contributed by atoms with E-state index in [9.17, 15) is 0 Å². The maximum atomic E-state index is 8.58. The van der Waals surface area contributed by atoms with Gasteiger partial charge in [-0.25, -0.2) is 4.98 Å². The van der Waals surface area contributed by atoms with Gasteiger partial charge in [-0.15, -0.1) is 0 Å². The lowest BCUT2D eigenvalue weighted by atomic mass is 9.97. The highest BCUT2D eigenvalue weighted by atomic mass is 28.3. The molecule has 0 radical (unpaired) electrons. The average Bonchev–Trinajstić information content (AvgIpc) is 2.74. The number of hydrogen-bond acceptors (Lipinski definition) is 1. The van der Waals surface area contributed by atoms with Gasteiger partial charge in [-0.2, -0.15) is 0 Å². The van der Waals surface area contributed by atoms with E-state index in [0.29, 0.717) is 5.56 Å². The SMILES string of the molecule is [2H]c1c([2H])c([2H])c(-c2cc(-c3cc(C)cc(C)c3)nc3ccc([Si](C)(C)C)cc23)c([2H])c1[2H]. The molecular weight excluding hydrogens is 354 g/mol. The Morgan fingerprint density at radius 2 is 1.46 bits per heavy atom. The van der Waals surface area contributed by atoms with Crippen LogP contribution in [0.2, 0.25) is 19.6 Å². The topological polar surface area (TPSA) is 12.9 Å². The van der Waals surface area contributed by atoms with Crippen molar-refractivity contribution in [3.05, 3.63) is 83.8 Å². The van der Waals surface area contributed by atoms with Crippen LogP contribution in [0.5, 0.6) is 0 Å². The Balaban J connectivity index is 2.15. The van der Waals surface area contributed by atoms with Gasteiger partial charge in [0.05, 0.1) is 26.1 Å².